The summed E-state index contributed by atoms with van der Waals surface area (Å²) in [7, 11) is 0. The average molecular weight is 648 g/mol. The van der Waals surface area contributed by atoms with Gasteiger partial charge in [0.2, 0.25) is 5.91 Å². The zero-order valence-corrected chi connectivity index (χ0v) is 25.5. The Morgan fingerprint density at radius 2 is 1.76 bits per heavy atom. The number of ether oxygens (including phenoxy) is 1. The van der Waals surface area contributed by atoms with E-state index in [1.165, 1.54) is 9.58 Å². The van der Waals surface area contributed by atoms with Crippen molar-refractivity contribution in [2.24, 2.45) is 5.92 Å². The van der Waals surface area contributed by atoms with Crippen LogP contribution < -0.4 is 9.80 Å². The molecule has 8 nitrogen and oxygen atoms in total. The van der Waals surface area contributed by atoms with E-state index in [0.29, 0.717) is 50.7 Å². The van der Waals surface area contributed by atoms with Crippen molar-refractivity contribution in [3.8, 4) is 11.1 Å². The molecule has 2 aliphatic heterocycles. The molecule has 0 spiro atoms. The number of aromatic nitrogens is 2. The fourth-order valence-electron chi connectivity index (χ4n) is 6.37. The van der Waals surface area contributed by atoms with Gasteiger partial charge in [0, 0.05) is 67.7 Å². The number of amides is 1. The second kappa shape index (κ2) is 12.5. The van der Waals surface area contributed by atoms with Crippen molar-refractivity contribution >= 4 is 34.9 Å². The number of alkyl halides is 4. The summed E-state index contributed by atoms with van der Waals surface area (Å²) in [6.07, 6.45) is -0.746. The highest BCUT2D eigenvalue weighted by atomic mass is 35.5. The van der Waals surface area contributed by atoms with E-state index < -0.39 is 41.9 Å². The van der Waals surface area contributed by atoms with E-state index in [1.807, 2.05) is 42.5 Å². The van der Waals surface area contributed by atoms with Gasteiger partial charge in [-0.15, -0.1) is 0 Å². The van der Waals surface area contributed by atoms with Crippen LogP contribution in [-0.4, -0.2) is 78.4 Å². The summed E-state index contributed by atoms with van der Waals surface area (Å²) in [6, 6.07) is 13.2. The minimum atomic E-state index is -2.89. The molecule has 2 atom stereocenters. The normalized spacial score (nSPS) is 21.3. The van der Waals surface area contributed by atoms with E-state index in [2.05, 4.69) is 14.9 Å². The average Bonchev–Trinajstić information content (AvgIpc) is 3.45. The van der Waals surface area contributed by atoms with Crippen LogP contribution in [0.1, 0.15) is 54.7 Å². The molecule has 3 aliphatic rings. The molecule has 240 valence electrons. The van der Waals surface area contributed by atoms with E-state index in [0.717, 1.165) is 35.1 Å². The van der Waals surface area contributed by atoms with Gasteiger partial charge < -0.3 is 19.4 Å². The number of piperazine rings is 1. The van der Waals surface area contributed by atoms with Gasteiger partial charge in [-0.2, -0.15) is 5.10 Å². The van der Waals surface area contributed by atoms with Gasteiger partial charge in [-0.25, -0.2) is 22.4 Å². The molecule has 0 bridgehead atoms. The van der Waals surface area contributed by atoms with Crippen molar-refractivity contribution in [1.82, 2.24) is 14.7 Å². The Hall–Kier alpha value is -3.80. The standard InChI is InChI=1S/C32H34ClF4N5O3/c1-2-45-31(44)25-18-38-42(28(25)29(34)35)23-4-3-11-41(19-23)27-16-21(33)7-10-24(27)20-5-8-22(9-6-20)39-12-14-40(15-13-39)30(43)26-17-32(26,36)37/h5-10,16,18,23,26,29H,2-4,11-15,17,19H2,1H3. The second-order valence-corrected chi connectivity index (χ2v) is 12.1. The number of esters is 1. The van der Waals surface area contributed by atoms with Crippen molar-refractivity contribution in [2.75, 3.05) is 55.7 Å². The fourth-order valence-corrected chi connectivity index (χ4v) is 6.53. The molecule has 1 aliphatic carbocycles. The maximum Gasteiger partial charge on any atom is 0.341 e. The van der Waals surface area contributed by atoms with Gasteiger partial charge in [-0.1, -0.05) is 29.8 Å². The van der Waals surface area contributed by atoms with Crippen molar-refractivity contribution in [1.29, 1.82) is 0 Å². The van der Waals surface area contributed by atoms with Crippen LogP contribution in [-0.2, 0) is 9.53 Å². The molecule has 3 aromatic rings. The zero-order valence-electron chi connectivity index (χ0n) is 24.8. The summed E-state index contributed by atoms with van der Waals surface area (Å²) >= 11 is 6.44. The number of halogens is 5. The largest absolute Gasteiger partial charge is 0.462 e. The Morgan fingerprint density at radius 1 is 1.04 bits per heavy atom. The van der Waals surface area contributed by atoms with Crippen LogP contribution in [0.4, 0.5) is 28.9 Å². The van der Waals surface area contributed by atoms with Crippen molar-refractivity contribution in [3.63, 3.8) is 0 Å². The van der Waals surface area contributed by atoms with Crippen molar-refractivity contribution < 1.29 is 31.9 Å². The van der Waals surface area contributed by atoms with E-state index in [4.69, 9.17) is 16.3 Å². The van der Waals surface area contributed by atoms with Gasteiger partial charge in [0.1, 0.15) is 17.2 Å². The molecule has 0 radical (unpaired) electrons. The second-order valence-electron chi connectivity index (χ2n) is 11.7. The lowest BCUT2D eigenvalue weighted by molar-refractivity contribution is -0.135. The SMILES string of the molecule is CCOC(=O)c1cnn(C2CCCN(c3cc(Cl)ccc3-c3ccc(N4CCN(C(=O)C5CC5(F)F)CC4)cc3)C2)c1C(F)F. The number of anilines is 2. The van der Waals surface area contributed by atoms with Gasteiger partial charge in [0.25, 0.3) is 12.3 Å². The first-order valence-corrected chi connectivity index (χ1v) is 15.5. The number of rotatable bonds is 8. The summed E-state index contributed by atoms with van der Waals surface area (Å²) in [5.41, 5.74) is 3.04. The molecule has 2 unspecified atom stereocenters. The third-order valence-corrected chi connectivity index (χ3v) is 9.07. The van der Waals surface area contributed by atoms with E-state index in [9.17, 15) is 27.2 Å². The van der Waals surface area contributed by atoms with Crippen molar-refractivity contribution in [2.45, 2.75) is 44.6 Å². The highest BCUT2D eigenvalue weighted by Crippen LogP contribution is 2.49. The number of nitrogens with zero attached hydrogens (tertiary/aromatic N) is 5. The number of benzene rings is 2. The summed E-state index contributed by atoms with van der Waals surface area (Å²) < 4.78 is 61.3. The first-order chi connectivity index (χ1) is 21.6. The van der Waals surface area contributed by atoms with E-state index in [1.54, 1.807) is 6.92 Å². The van der Waals surface area contributed by atoms with Crippen LogP contribution in [0.3, 0.4) is 0 Å². The molecule has 3 fully saturated rings. The van der Waals surface area contributed by atoms with Gasteiger partial charge in [-0.05, 0) is 49.6 Å². The Morgan fingerprint density at radius 3 is 2.40 bits per heavy atom. The van der Waals surface area contributed by atoms with Gasteiger partial charge in [0.05, 0.1) is 18.8 Å². The van der Waals surface area contributed by atoms with Crippen LogP contribution in [0.25, 0.3) is 11.1 Å². The molecule has 1 aromatic heterocycles. The monoisotopic (exact) mass is 647 g/mol. The predicted octanol–water partition coefficient (Wildman–Crippen LogP) is 6.46. The summed E-state index contributed by atoms with van der Waals surface area (Å²) in [5, 5.41) is 4.74. The number of carbonyl (C=O) groups is 2. The lowest BCUT2D eigenvalue weighted by Gasteiger charge is -2.37. The summed E-state index contributed by atoms with van der Waals surface area (Å²) in [4.78, 5) is 30.5. The Kier molecular flexibility index (Phi) is 8.69. The first kappa shape index (κ1) is 31.2. The lowest BCUT2D eigenvalue weighted by atomic mass is 9.99. The molecular formula is C32H34ClF4N5O3. The summed E-state index contributed by atoms with van der Waals surface area (Å²) in [5.74, 6) is -5.30. The molecular weight excluding hydrogens is 614 g/mol. The maximum atomic E-state index is 14.2. The number of hydrogen-bond donors (Lipinski definition) is 0. The zero-order chi connectivity index (χ0) is 31.9. The smallest absolute Gasteiger partial charge is 0.341 e. The van der Waals surface area contributed by atoms with Gasteiger partial charge >= 0.3 is 5.97 Å². The maximum absolute atomic E-state index is 14.2. The van der Waals surface area contributed by atoms with E-state index in [-0.39, 0.29) is 18.6 Å². The van der Waals surface area contributed by atoms with Crippen LogP contribution in [0.5, 0.6) is 0 Å². The topological polar surface area (TPSA) is 70.9 Å². The quantitative estimate of drug-likeness (QED) is 0.206. The summed E-state index contributed by atoms with van der Waals surface area (Å²) in [6.45, 7) is 4.67. The molecule has 2 saturated heterocycles. The number of piperidine rings is 1. The highest BCUT2D eigenvalue weighted by molar-refractivity contribution is 6.31. The Bertz CT molecular complexity index is 1560. The van der Waals surface area contributed by atoms with Crippen LogP contribution >= 0.6 is 11.6 Å². The van der Waals surface area contributed by atoms with Gasteiger partial charge in [0.15, 0.2) is 0 Å². The van der Waals surface area contributed by atoms with Gasteiger partial charge in [-0.3, -0.25) is 9.48 Å². The molecule has 6 rings (SSSR count). The molecule has 45 heavy (non-hydrogen) atoms. The van der Waals surface area contributed by atoms with Crippen LogP contribution in [0, 0.1) is 5.92 Å². The number of carbonyl (C=O) groups excluding carboxylic acids is 2. The third-order valence-electron chi connectivity index (χ3n) is 8.84. The Labute approximate surface area is 263 Å². The van der Waals surface area contributed by atoms with Crippen LogP contribution in [0.15, 0.2) is 48.7 Å². The molecule has 0 N–H and O–H groups in total. The van der Waals surface area contributed by atoms with E-state index >= 15 is 0 Å². The van der Waals surface area contributed by atoms with Crippen LogP contribution in [0.2, 0.25) is 5.02 Å². The van der Waals surface area contributed by atoms with Crippen molar-refractivity contribution in [3.05, 3.63) is 64.9 Å². The minimum Gasteiger partial charge on any atom is -0.462 e. The Balaban J connectivity index is 1.18. The molecule has 1 saturated carbocycles. The molecule has 1 amide bonds. The fraction of sp³-hybridized carbons (Fsp3) is 0.469. The first-order valence-electron chi connectivity index (χ1n) is 15.2. The lowest BCUT2D eigenvalue weighted by Crippen LogP contribution is -2.49. The number of hydrogen-bond acceptors (Lipinski definition) is 6. The predicted molar refractivity (Wildman–Crippen MR) is 162 cm³/mol. The third kappa shape index (κ3) is 6.34. The highest BCUT2D eigenvalue weighted by Gasteiger charge is 2.62. The molecule has 3 heterocycles. The molecule has 2 aromatic carbocycles. The minimum absolute atomic E-state index is 0.0736. The molecule has 13 heteroatoms.